The maximum absolute atomic E-state index is 14.2. The van der Waals surface area contributed by atoms with Gasteiger partial charge in [0, 0.05) is 41.3 Å². The van der Waals surface area contributed by atoms with Gasteiger partial charge in [0.1, 0.15) is 5.52 Å². The van der Waals surface area contributed by atoms with E-state index in [-0.39, 0.29) is 11.4 Å². The first kappa shape index (κ1) is 19.9. The molecule has 1 saturated heterocycles. The molecule has 7 heteroatoms. The van der Waals surface area contributed by atoms with Crippen molar-refractivity contribution < 1.29 is 9.18 Å². The van der Waals surface area contributed by atoms with Crippen molar-refractivity contribution >= 4 is 22.5 Å². The molecular weight excluding hydrogens is 393 g/mol. The van der Waals surface area contributed by atoms with Crippen molar-refractivity contribution in [1.29, 1.82) is 0 Å². The molecule has 0 spiro atoms. The molecule has 31 heavy (non-hydrogen) atoms. The molecule has 2 aliphatic rings. The van der Waals surface area contributed by atoms with E-state index in [1.54, 1.807) is 12.3 Å². The van der Waals surface area contributed by atoms with Crippen molar-refractivity contribution in [2.24, 2.45) is 0 Å². The van der Waals surface area contributed by atoms with Crippen LogP contribution in [0.2, 0.25) is 0 Å². The number of carbonyl (C=O) groups excluding carboxylic acids is 1. The van der Waals surface area contributed by atoms with Crippen molar-refractivity contribution in [3.8, 4) is 0 Å². The van der Waals surface area contributed by atoms with Gasteiger partial charge in [-0.15, -0.1) is 5.10 Å². The maximum atomic E-state index is 14.2. The summed E-state index contributed by atoms with van der Waals surface area (Å²) in [7, 11) is 4.18. The summed E-state index contributed by atoms with van der Waals surface area (Å²) in [5.41, 5.74) is 3.23. The summed E-state index contributed by atoms with van der Waals surface area (Å²) in [6.07, 6.45) is 3.25. The van der Waals surface area contributed by atoms with Crippen LogP contribution in [0, 0.1) is 12.7 Å². The highest BCUT2D eigenvalue weighted by atomic mass is 19.1. The quantitative estimate of drug-likeness (QED) is 0.688. The van der Waals surface area contributed by atoms with E-state index < -0.39 is 11.4 Å². The molecule has 160 valence electrons. The molecule has 2 fully saturated rings. The molecule has 3 aromatic rings. The third-order valence-corrected chi connectivity index (χ3v) is 6.66. The van der Waals surface area contributed by atoms with E-state index in [9.17, 15) is 9.18 Å². The van der Waals surface area contributed by atoms with Crippen LogP contribution in [-0.2, 0) is 5.54 Å². The predicted octanol–water partition coefficient (Wildman–Crippen LogP) is 3.25. The SMILES string of the molecule is Cc1ccc(N2CC(N(C)C)C2)cc1C(=O)NC1(c2cnnc3c(F)cccc23)CC1. The van der Waals surface area contributed by atoms with Gasteiger partial charge in [0.25, 0.3) is 5.91 Å². The molecule has 2 aromatic carbocycles. The molecule has 1 amide bonds. The van der Waals surface area contributed by atoms with Crippen LogP contribution in [0.1, 0.15) is 34.3 Å². The van der Waals surface area contributed by atoms with E-state index in [1.807, 2.05) is 25.1 Å². The molecule has 1 aliphatic carbocycles. The number of halogens is 1. The van der Waals surface area contributed by atoms with Gasteiger partial charge >= 0.3 is 0 Å². The number of amides is 1. The summed E-state index contributed by atoms with van der Waals surface area (Å²) in [5, 5.41) is 11.9. The lowest BCUT2D eigenvalue weighted by Gasteiger charge is -2.44. The molecule has 1 saturated carbocycles. The van der Waals surface area contributed by atoms with Gasteiger partial charge in [-0.05, 0) is 57.6 Å². The minimum Gasteiger partial charge on any atom is -0.368 e. The minimum atomic E-state index is -0.520. The molecule has 0 atom stereocenters. The zero-order chi connectivity index (χ0) is 21.8. The van der Waals surface area contributed by atoms with Crippen molar-refractivity contribution in [2.45, 2.75) is 31.3 Å². The molecule has 0 radical (unpaired) electrons. The summed E-state index contributed by atoms with van der Waals surface area (Å²) < 4.78 is 14.2. The number of rotatable bonds is 5. The molecule has 5 rings (SSSR count). The molecule has 6 nitrogen and oxygen atoms in total. The maximum Gasteiger partial charge on any atom is 0.252 e. The van der Waals surface area contributed by atoms with Crippen LogP contribution >= 0.6 is 0 Å². The van der Waals surface area contributed by atoms with Gasteiger partial charge < -0.3 is 15.1 Å². The summed E-state index contributed by atoms with van der Waals surface area (Å²) in [5.74, 6) is -0.508. The molecule has 1 N–H and O–H groups in total. The topological polar surface area (TPSA) is 61.4 Å². The normalized spacial score (nSPS) is 17.6. The summed E-state index contributed by atoms with van der Waals surface area (Å²) in [6, 6.07) is 11.5. The number of carbonyl (C=O) groups is 1. The van der Waals surface area contributed by atoms with E-state index in [0.717, 1.165) is 42.7 Å². The van der Waals surface area contributed by atoms with Crippen LogP contribution in [0.5, 0.6) is 0 Å². The summed E-state index contributed by atoms with van der Waals surface area (Å²) in [4.78, 5) is 17.8. The van der Waals surface area contributed by atoms with Crippen LogP contribution in [-0.4, -0.2) is 54.2 Å². The van der Waals surface area contributed by atoms with Crippen LogP contribution in [0.3, 0.4) is 0 Å². The Morgan fingerprint density at radius 1 is 1.23 bits per heavy atom. The largest absolute Gasteiger partial charge is 0.368 e. The number of aryl methyl sites for hydroxylation is 1. The number of aromatic nitrogens is 2. The van der Waals surface area contributed by atoms with Gasteiger partial charge in [-0.3, -0.25) is 4.79 Å². The third-order valence-electron chi connectivity index (χ3n) is 6.66. The standard InChI is InChI=1S/C24H26FN5O/c1-15-7-8-16(30-13-17(14-30)29(2)3)11-19(15)23(31)27-24(9-10-24)20-12-26-28-22-18(20)5-4-6-21(22)25/h4-8,11-12,17H,9-10,13-14H2,1-3H3,(H,27,31). The molecule has 0 unspecified atom stereocenters. The first-order chi connectivity index (χ1) is 14.9. The Hall–Kier alpha value is -3.06. The highest BCUT2D eigenvalue weighted by molar-refractivity contribution is 5.98. The Balaban J connectivity index is 1.41. The van der Waals surface area contributed by atoms with Gasteiger partial charge in [0.15, 0.2) is 5.82 Å². The second kappa shape index (κ2) is 7.27. The fourth-order valence-electron chi connectivity index (χ4n) is 4.34. The Kier molecular flexibility index (Phi) is 4.66. The molecule has 1 aromatic heterocycles. The van der Waals surface area contributed by atoms with E-state index >= 15 is 0 Å². The highest BCUT2D eigenvalue weighted by Crippen LogP contribution is 2.47. The van der Waals surface area contributed by atoms with Crippen LogP contribution in [0.15, 0.2) is 42.6 Å². The smallest absolute Gasteiger partial charge is 0.252 e. The van der Waals surface area contributed by atoms with Crippen molar-refractivity contribution in [1.82, 2.24) is 20.4 Å². The number of nitrogens with one attached hydrogen (secondary N) is 1. The Morgan fingerprint density at radius 2 is 2.00 bits per heavy atom. The predicted molar refractivity (Wildman–Crippen MR) is 119 cm³/mol. The fourth-order valence-corrected chi connectivity index (χ4v) is 4.34. The van der Waals surface area contributed by atoms with Gasteiger partial charge in [-0.2, -0.15) is 5.10 Å². The van der Waals surface area contributed by atoms with Crippen molar-refractivity contribution in [2.75, 3.05) is 32.1 Å². The van der Waals surface area contributed by atoms with Crippen LogP contribution < -0.4 is 10.2 Å². The summed E-state index contributed by atoms with van der Waals surface area (Å²) >= 11 is 0. The Bertz CT molecular complexity index is 1170. The van der Waals surface area contributed by atoms with Gasteiger partial charge in [0.05, 0.1) is 11.7 Å². The zero-order valence-corrected chi connectivity index (χ0v) is 18.0. The highest BCUT2D eigenvalue weighted by Gasteiger charge is 2.47. The average Bonchev–Trinajstić information content (AvgIpc) is 3.48. The van der Waals surface area contributed by atoms with E-state index in [0.29, 0.717) is 17.0 Å². The number of likely N-dealkylation sites (N-methyl/N-ethyl adjacent to an activating group) is 1. The lowest BCUT2D eigenvalue weighted by molar-refractivity contribution is 0.0930. The number of anilines is 1. The van der Waals surface area contributed by atoms with E-state index in [4.69, 9.17) is 0 Å². The number of hydrogen-bond acceptors (Lipinski definition) is 5. The Labute approximate surface area is 181 Å². The first-order valence-electron chi connectivity index (χ1n) is 10.6. The Morgan fingerprint density at radius 3 is 2.71 bits per heavy atom. The average molecular weight is 420 g/mol. The number of benzene rings is 2. The van der Waals surface area contributed by atoms with Gasteiger partial charge in [-0.1, -0.05) is 18.2 Å². The lowest BCUT2D eigenvalue weighted by atomic mass is 9.99. The number of hydrogen-bond donors (Lipinski definition) is 1. The fraction of sp³-hybridized carbons (Fsp3) is 0.375. The molecule has 2 heterocycles. The lowest BCUT2D eigenvalue weighted by Crippen LogP contribution is -2.57. The molecule has 0 bridgehead atoms. The van der Waals surface area contributed by atoms with Crippen LogP contribution in [0.4, 0.5) is 10.1 Å². The number of nitrogens with zero attached hydrogens (tertiary/aromatic N) is 4. The first-order valence-corrected chi connectivity index (χ1v) is 10.6. The van der Waals surface area contributed by atoms with Gasteiger partial charge in [-0.25, -0.2) is 4.39 Å². The molecular formula is C24H26FN5O. The third kappa shape index (κ3) is 3.43. The monoisotopic (exact) mass is 419 g/mol. The van der Waals surface area contributed by atoms with Crippen molar-refractivity contribution in [3.05, 3.63) is 65.1 Å². The van der Waals surface area contributed by atoms with E-state index in [1.165, 1.54) is 6.07 Å². The van der Waals surface area contributed by atoms with Gasteiger partial charge in [0.2, 0.25) is 0 Å². The second-order valence-corrected chi connectivity index (χ2v) is 8.95. The van der Waals surface area contributed by atoms with Crippen molar-refractivity contribution in [3.63, 3.8) is 0 Å². The molecule has 1 aliphatic heterocycles. The number of fused-ring (bicyclic) bond motifs is 1. The summed E-state index contributed by atoms with van der Waals surface area (Å²) in [6.45, 7) is 3.87. The van der Waals surface area contributed by atoms with E-state index in [2.05, 4.69) is 45.5 Å². The zero-order valence-electron chi connectivity index (χ0n) is 18.0. The second-order valence-electron chi connectivity index (χ2n) is 8.95. The minimum absolute atomic E-state index is 0.108. The van der Waals surface area contributed by atoms with Crippen LogP contribution in [0.25, 0.3) is 10.9 Å².